The van der Waals surface area contributed by atoms with E-state index in [2.05, 4.69) is 15.4 Å². The molecule has 0 fully saturated rings. The van der Waals surface area contributed by atoms with E-state index < -0.39 is 0 Å². The number of hydrogen-bond acceptors (Lipinski definition) is 4. The maximum Gasteiger partial charge on any atom is 0.228 e. The van der Waals surface area contributed by atoms with E-state index in [9.17, 15) is 4.79 Å². The standard InChI is InChI=1S/C11H13N5O/c1-15(10-5-3-2-4-6-10)11(17)7-8-16-13-9-12-14-16/h2-6,9H,7-8H2,1H3. The van der Waals surface area contributed by atoms with Crippen LogP contribution >= 0.6 is 0 Å². The molecule has 0 spiro atoms. The molecule has 0 saturated heterocycles. The third kappa shape index (κ3) is 2.87. The molecule has 0 bridgehead atoms. The number of aromatic nitrogens is 4. The fourth-order valence-corrected chi connectivity index (χ4v) is 1.45. The number of hydrogen-bond donors (Lipinski definition) is 0. The van der Waals surface area contributed by atoms with Crippen LogP contribution in [-0.4, -0.2) is 33.2 Å². The smallest absolute Gasteiger partial charge is 0.228 e. The molecule has 1 heterocycles. The van der Waals surface area contributed by atoms with Crippen molar-refractivity contribution >= 4 is 11.6 Å². The maximum absolute atomic E-state index is 11.9. The zero-order valence-corrected chi connectivity index (χ0v) is 9.52. The van der Waals surface area contributed by atoms with E-state index in [-0.39, 0.29) is 5.91 Å². The van der Waals surface area contributed by atoms with Crippen molar-refractivity contribution in [2.75, 3.05) is 11.9 Å². The highest BCUT2D eigenvalue weighted by Gasteiger charge is 2.10. The van der Waals surface area contributed by atoms with E-state index in [0.717, 1.165) is 5.69 Å². The molecular weight excluding hydrogens is 218 g/mol. The lowest BCUT2D eigenvalue weighted by Gasteiger charge is -2.16. The summed E-state index contributed by atoms with van der Waals surface area (Å²) in [6.07, 6.45) is 1.70. The van der Waals surface area contributed by atoms with E-state index in [1.54, 1.807) is 11.9 Å². The summed E-state index contributed by atoms with van der Waals surface area (Å²) in [5.74, 6) is 0.0218. The Morgan fingerprint density at radius 3 is 2.76 bits per heavy atom. The van der Waals surface area contributed by atoms with Crippen LogP contribution in [0.4, 0.5) is 5.69 Å². The summed E-state index contributed by atoms with van der Waals surface area (Å²) in [5.41, 5.74) is 0.879. The summed E-state index contributed by atoms with van der Waals surface area (Å²) in [4.78, 5) is 14.9. The van der Waals surface area contributed by atoms with Crippen molar-refractivity contribution in [2.45, 2.75) is 13.0 Å². The molecule has 1 aromatic carbocycles. The molecule has 0 aliphatic rings. The fraction of sp³-hybridized carbons (Fsp3) is 0.273. The van der Waals surface area contributed by atoms with Crippen LogP contribution in [0.15, 0.2) is 36.7 Å². The largest absolute Gasteiger partial charge is 0.315 e. The molecule has 0 aliphatic carbocycles. The lowest BCUT2D eigenvalue weighted by Crippen LogP contribution is -2.27. The Bertz CT molecular complexity index is 468. The summed E-state index contributed by atoms with van der Waals surface area (Å²) < 4.78 is 0. The quantitative estimate of drug-likeness (QED) is 0.778. The molecule has 0 radical (unpaired) electrons. The summed E-state index contributed by atoms with van der Waals surface area (Å²) in [6.45, 7) is 0.440. The van der Waals surface area contributed by atoms with E-state index in [1.807, 2.05) is 30.3 Å². The molecule has 0 N–H and O–H groups in total. The molecule has 0 saturated carbocycles. The van der Waals surface area contributed by atoms with Crippen LogP contribution in [0.2, 0.25) is 0 Å². The molecule has 1 aromatic heterocycles. The van der Waals surface area contributed by atoms with Gasteiger partial charge in [0.15, 0.2) is 6.33 Å². The number of rotatable bonds is 4. The molecule has 0 atom stereocenters. The van der Waals surface area contributed by atoms with Gasteiger partial charge in [-0.15, -0.1) is 10.2 Å². The van der Waals surface area contributed by atoms with Gasteiger partial charge in [-0.1, -0.05) is 18.2 Å². The van der Waals surface area contributed by atoms with Gasteiger partial charge in [0.2, 0.25) is 5.91 Å². The second-order valence-corrected chi connectivity index (χ2v) is 3.57. The average molecular weight is 231 g/mol. The molecule has 2 aromatic rings. The van der Waals surface area contributed by atoms with Gasteiger partial charge in [0.25, 0.3) is 0 Å². The van der Waals surface area contributed by atoms with Crippen molar-refractivity contribution < 1.29 is 4.79 Å². The number of carbonyl (C=O) groups excluding carboxylic acids is 1. The van der Waals surface area contributed by atoms with Gasteiger partial charge >= 0.3 is 0 Å². The van der Waals surface area contributed by atoms with Crippen molar-refractivity contribution in [2.24, 2.45) is 0 Å². The first-order valence-electron chi connectivity index (χ1n) is 5.30. The monoisotopic (exact) mass is 231 g/mol. The van der Waals surface area contributed by atoms with Gasteiger partial charge in [-0.3, -0.25) is 4.79 Å². The molecular formula is C11H13N5O. The first-order chi connectivity index (χ1) is 8.27. The number of nitrogens with zero attached hydrogens (tertiary/aromatic N) is 5. The highest BCUT2D eigenvalue weighted by atomic mass is 16.2. The minimum atomic E-state index is 0.0218. The molecule has 6 heteroatoms. The van der Waals surface area contributed by atoms with Crippen LogP contribution < -0.4 is 4.90 Å². The second kappa shape index (κ2) is 5.20. The Morgan fingerprint density at radius 1 is 1.35 bits per heavy atom. The topological polar surface area (TPSA) is 63.9 Å². The SMILES string of the molecule is CN(C(=O)CCn1ncnn1)c1ccccc1. The second-order valence-electron chi connectivity index (χ2n) is 3.57. The van der Waals surface area contributed by atoms with Gasteiger partial charge in [0.1, 0.15) is 0 Å². The van der Waals surface area contributed by atoms with Crippen LogP contribution in [0, 0.1) is 0 Å². The number of tetrazole rings is 1. The van der Waals surface area contributed by atoms with Crippen molar-refractivity contribution in [1.82, 2.24) is 20.2 Å². The Balaban J connectivity index is 1.92. The number of benzene rings is 1. The molecule has 2 rings (SSSR count). The third-order valence-electron chi connectivity index (χ3n) is 2.43. The molecule has 1 amide bonds. The van der Waals surface area contributed by atoms with E-state index in [0.29, 0.717) is 13.0 Å². The lowest BCUT2D eigenvalue weighted by molar-refractivity contribution is -0.118. The summed E-state index contributed by atoms with van der Waals surface area (Å²) in [7, 11) is 1.76. The first-order valence-corrected chi connectivity index (χ1v) is 5.30. The number of aryl methyl sites for hydroxylation is 1. The predicted octanol–water partition coefficient (Wildman–Crippen LogP) is 0.726. The number of anilines is 1. The lowest BCUT2D eigenvalue weighted by atomic mass is 10.3. The van der Waals surface area contributed by atoms with Gasteiger partial charge in [-0.2, -0.15) is 4.80 Å². The van der Waals surface area contributed by atoms with Gasteiger partial charge in [-0.25, -0.2) is 0 Å². The van der Waals surface area contributed by atoms with Crippen LogP contribution in [0.5, 0.6) is 0 Å². The van der Waals surface area contributed by atoms with E-state index in [4.69, 9.17) is 0 Å². The Morgan fingerprint density at radius 2 is 2.12 bits per heavy atom. The summed E-state index contributed by atoms with van der Waals surface area (Å²) >= 11 is 0. The van der Waals surface area contributed by atoms with Crippen LogP contribution in [0.1, 0.15) is 6.42 Å². The maximum atomic E-state index is 11.9. The van der Waals surface area contributed by atoms with Gasteiger partial charge < -0.3 is 4.90 Å². The Labute approximate surface area is 98.9 Å². The van der Waals surface area contributed by atoms with Gasteiger partial charge in [0.05, 0.1) is 6.54 Å². The minimum absolute atomic E-state index is 0.0218. The molecule has 0 unspecified atom stereocenters. The molecule has 6 nitrogen and oxygen atoms in total. The molecule has 0 aliphatic heterocycles. The fourth-order valence-electron chi connectivity index (χ4n) is 1.45. The zero-order chi connectivity index (χ0) is 12.1. The molecule has 17 heavy (non-hydrogen) atoms. The Kier molecular flexibility index (Phi) is 3.44. The zero-order valence-electron chi connectivity index (χ0n) is 9.52. The third-order valence-corrected chi connectivity index (χ3v) is 2.43. The number of para-hydroxylation sites is 1. The minimum Gasteiger partial charge on any atom is -0.315 e. The van der Waals surface area contributed by atoms with Gasteiger partial charge in [0, 0.05) is 19.2 Å². The number of amides is 1. The Hall–Kier alpha value is -2.24. The normalized spacial score (nSPS) is 10.2. The number of carbonyl (C=O) groups is 1. The molecule has 88 valence electrons. The highest BCUT2D eigenvalue weighted by Crippen LogP contribution is 2.11. The average Bonchev–Trinajstić information content (AvgIpc) is 2.89. The van der Waals surface area contributed by atoms with Crippen molar-refractivity contribution in [3.63, 3.8) is 0 Å². The van der Waals surface area contributed by atoms with E-state index in [1.165, 1.54) is 11.1 Å². The van der Waals surface area contributed by atoms with Crippen LogP contribution in [-0.2, 0) is 11.3 Å². The van der Waals surface area contributed by atoms with Crippen LogP contribution in [0.3, 0.4) is 0 Å². The predicted molar refractivity (Wildman–Crippen MR) is 62.3 cm³/mol. The van der Waals surface area contributed by atoms with Crippen molar-refractivity contribution in [3.8, 4) is 0 Å². The van der Waals surface area contributed by atoms with Gasteiger partial charge in [-0.05, 0) is 17.3 Å². The van der Waals surface area contributed by atoms with Crippen molar-refractivity contribution in [3.05, 3.63) is 36.7 Å². The van der Waals surface area contributed by atoms with E-state index >= 15 is 0 Å². The first kappa shape index (κ1) is 11.3. The summed E-state index contributed by atoms with van der Waals surface area (Å²) in [6, 6.07) is 9.51. The van der Waals surface area contributed by atoms with Crippen LogP contribution in [0.25, 0.3) is 0 Å². The highest BCUT2D eigenvalue weighted by molar-refractivity contribution is 5.92. The van der Waals surface area contributed by atoms with Crippen molar-refractivity contribution in [1.29, 1.82) is 0 Å². The summed E-state index contributed by atoms with van der Waals surface area (Å²) in [5, 5.41) is 11.1.